The van der Waals surface area contributed by atoms with Crippen LogP contribution in [0.25, 0.3) is 5.69 Å². The van der Waals surface area contributed by atoms with Crippen molar-refractivity contribution in [2.75, 3.05) is 0 Å². The molecule has 0 aliphatic carbocycles. The van der Waals surface area contributed by atoms with E-state index in [0.29, 0.717) is 12.1 Å². The second kappa shape index (κ2) is 7.25. The maximum Gasteiger partial charge on any atom is 0.326 e. The van der Waals surface area contributed by atoms with Gasteiger partial charge in [0.05, 0.1) is 11.4 Å². The van der Waals surface area contributed by atoms with Crippen LogP contribution in [0.15, 0.2) is 24.3 Å². The highest BCUT2D eigenvalue weighted by molar-refractivity contribution is 5.95. The molecule has 1 atom stereocenters. The van der Waals surface area contributed by atoms with Gasteiger partial charge in [-0.2, -0.15) is 0 Å². The molecule has 128 valence electrons. The molecular weight excluding hydrogens is 308 g/mol. The second-order valence-corrected chi connectivity index (χ2v) is 6.26. The van der Waals surface area contributed by atoms with E-state index in [1.165, 1.54) is 0 Å². The van der Waals surface area contributed by atoms with Gasteiger partial charge in [-0.05, 0) is 38.3 Å². The number of aryl methyl sites for hydroxylation is 1. The van der Waals surface area contributed by atoms with Gasteiger partial charge in [0.25, 0.3) is 5.91 Å². The van der Waals surface area contributed by atoms with Gasteiger partial charge in [-0.1, -0.05) is 36.8 Å². The molecule has 0 aliphatic heterocycles. The van der Waals surface area contributed by atoms with Gasteiger partial charge in [0, 0.05) is 0 Å². The van der Waals surface area contributed by atoms with E-state index in [1.54, 1.807) is 11.6 Å². The van der Waals surface area contributed by atoms with Crippen molar-refractivity contribution in [3.8, 4) is 5.69 Å². The first-order chi connectivity index (χ1) is 11.3. The van der Waals surface area contributed by atoms with Crippen molar-refractivity contribution in [3.05, 3.63) is 41.2 Å². The molecule has 0 fully saturated rings. The number of rotatable bonds is 6. The van der Waals surface area contributed by atoms with Crippen LogP contribution in [0.1, 0.15) is 42.0 Å². The SMILES string of the molecule is Cc1ccc(-n2nnc(C(=O)NC(CC(C)C)C(=O)O)c2C)cc1. The van der Waals surface area contributed by atoms with Gasteiger partial charge in [-0.15, -0.1) is 5.10 Å². The Morgan fingerprint density at radius 3 is 2.38 bits per heavy atom. The van der Waals surface area contributed by atoms with Crippen LogP contribution in [0.4, 0.5) is 0 Å². The summed E-state index contributed by atoms with van der Waals surface area (Å²) in [7, 11) is 0. The number of aliphatic carboxylic acids is 1. The first-order valence-electron chi connectivity index (χ1n) is 7.82. The summed E-state index contributed by atoms with van der Waals surface area (Å²) in [4.78, 5) is 23.7. The predicted molar refractivity (Wildman–Crippen MR) is 89.2 cm³/mol. The molecule has 2 aromatic rings. The Kier molecular flexibility index (Phi) is 5.33. The molecule has 1 unspecified atom stereocenters. The highest BCUT2D eigenvalue weighted by atomic mass is 16.4. The maximum atomic E-state index is 12.4. The summed E-state index contributed by atoms with van der Waals surface area (Å²) >= 11 is 0. The zero-order valence-corrected chi connectivity index (χ0v) is 14.3. The third kappa shape index (κ3) is 3.98. The summed E-state index contributed by atoms with van der Waals surface area (Å²) < 4.78 is 1.56. The molecule has 0 radical (unpaired) electrons. The number of nitrogens with one attached hydrogen (secondary N) is 1. The fraction of sp³-hybridized carbons (Fsp3) is 0.412. The fourth-order valence-electron chi connectivity index (χ4n) is 2.39. The summed E-state index contributed by atoms with van der Waals surface area (Å²) in [5.41, 5.74) is 2.60. The van der Waals surface area contributed by atoms with Crippen molar-refractivity contribution in [3.63, 3.8) is 0 Å². The predicted octanol–water partition coefficient (Wildman–Crippen LogP) is 2.11. The minimum Gasteiger partial charge on any atom is -0.480 e. The third-order valence-corrected chi connectivity index (χ3v) is 3.70. The Morgan fingerprint density at radius 2 is 1.83 bits per heavy atom. The van der Waals surface area contributed by atoms with Crippen LogP contribution < -0.4 is 5.32 Å². The van der Waals surface area contributed by atoms with Gasteiger partial charge in [-0.25, -0.2) is 9.48 Å². The molecule has 2 N–H and O–H groups in total. The van der Waals surface area contributed by atoms with Crippen LogP contribution in [-0.2, 0) is 4.79 Å². The normalized spacial score (nSPS) is 12.2. The van der Waals surface area contributed by atoms with E-state index >= 15 is 0 Å². The largest absolute Gasteiger partial charge is 0.480 e. The van der Waals surface area contributed by atoms with Gasteiger partial charge in [0.2, 0.25) is 0 Å². The zero-order chi connectivity index (χ0) is 17.9. The zero-order valence-electron chi connectivity index (χ0n) is 14.3. The van der Waals surface area contributed by atoms with Crippen LogP contribution in [0.3, 0.4) is 0 Å². The number of hydrogen-bond donors (Lipinski definition) is 2. The van der Waals surface area contributed by atoms with Crippen LogP contribution in [0, 0.1) is 19.8 Å². The molecule has 0 saturated carbocycles. The van der Waals surface area contributed by atoms with E-state index in [9.17, 15) is 14.7 Å². The van der Waals surface area contributed by atoms with Crippen molar-refractivity contribution in [1.82, 2.24) is 20.3 Å². The van der Waals surface area contributed by atoms with Gasteiger partial charge in [0.15, 0.2) is 5.69 Å². The van der Waals surface area contributed by atoms with Crippen molar-refractivity contribution in [1.29, 1.82) is 0 Å². The Labute approximate surface area is 140 Å². The summed E-state index contributed by atoms with van der Waals surface area (Å²) in [6, 6.07) is 6.72. The first-order valence-corrected chi connectivity index (χ1v) is 7.82. The van der Waals surface area contributed by atoms with Gasteiger partial charge >= 0.3 is 5.97 Å². The molecule has 0 bridgehead atoms. The van der Waals surface area contributed by atoms with Gasteiger partial charge in [-0.3, -0.25) is 4.79 Å². The van der Waals surface area contributed by atoms with E-state index < -0.39 is 17.9 Å². The lowest BCUT2D eigenvalue weighted by molar-refractivity contribution is -0.139. The number of carbonyl (C=O) groups is 2. The highest BCUT2D eigenvalue weighted by Crippen LogP contribution is 2.14. The summed E-state index contributed by atoms with van der Waals surface area (Å²) in [5.74, 6) is -1.43. The van der Waals surface area contributed by atoms with Crippen molar-refractivity contribution in [2.24, 2.45) is 5.92 Å². The Morgan fingerprint density at radius 1 is 1.21 bits per heavy atom. The average Bonchev–Trinajstić information content (AvgIpc) is 2.88. The number of hydrogen-bond acceptors (Lipinski definition) is 4. The monoisotopic (exact) mass is 330 g/mol. The molecule has 1 amide bonds. The maximum absolute atomic E-state index is 12.4. The summed E-state index contributed by atoms with van der Waals surface area (Å²) in [6.45, 7) is 7.52. The number of carboxylic acid groups (broad SMARTS) is 1. The fourth-order valence-corrected chi connectivity index (χ4v) is 2.39. The summed E-state index contributed by atoms with van der Waals surface area (Å²) in [6.07, 6.45) is 0.353. The van der Waals surface area contributed by atoms with E-state index in [1.807, 2.05) is 45.0 Å². The first kappa shape index (κ1) is 17.7. The van der Waals surface area contributed by atoms with Crippen molar-refractivity contribution in [2.45, 2.75) is 40.2 Å². The molecule has 0 aliphatic rings. The number of carboxylic acids is 1. The molecule has 7 heteroatoms. The lowest BCUT2D eigenvalue weighted by Crippen LogP contribution is -2.42. The molecule has 1 aromatic carbocycles. The third-order valence-electron chi connectivity index (χ3n) is 3.70. The van der Waals surface area contributed by atoms with E-state index in [-0.39, 0.29) is 11.6 Å². The van der Waals surface area contributed by atoms with E-state index in [0.717, 1.165) is 11.3 Å². The Balaban J connectivity index is 2.21. The molecule has 7 nitrogen and oxygen atoms in total. The quantitative estimate of drug-likeness (QED) is 0.845. The molecule has 0 spiro atoms. The standard InChI is InChI=1S/C17H22N4O3/c1-10(2)9-14(17(23)24)18-16(22)15-12(4)21(20-19-15)13-7-5-11(3)6-8-13/h5-8,10,14H,9H2,1-4H3,(H,18,22)(H,23,24). The van der Waals surface area contributed by atoms with E-state index in [4.69, 9.17) is 0 Å². The Bertz CT molecular complexity index is 735. The number of nitrogens with zero attached hydrogens (tertiary/aromatic N) is 3. The lowest BCUT2D eigenvalue weighted by Gasteiger charge is -2.15. The minimum absolute atomic E-state index is 0.130. The number of carbonyl (C=O) groups excluding carboxylic acids is 1. The second-order valence-electron chi connectivity index (χ2n) is 6.26. The van der Waals surface area contributed by atoms with Crippen LogP contribution >= 0.6 is 0 Å². The highest BCUT2D eigenvalue weighted by Gasteiger charge is 2.25. The van der Waals surface area contributed by atoms with Crippen molar-refractivity contribution < 1.29 is 14.7 Å². The molecule has 0 saturated heterocycles. The Hall–Kier alpha value is -2.70. The van der Waals surface area contributed by atoms with Crippen LogP contribution in [0.5, 0.6) is 0 Å². The molecular formula is C17H22N4O3. The smallest absolute Gasteiger partial charge is 0.326 e. The summed E-state index contributed by atoms with van der Waals surface area (Å²) in [5, 5.41) is 19.7. The van der Waals surface area contributed by atoms with Gasteiger partial charge in [0.1, 0.15) is 6.04 Å². The average molecular weight is 330 g/mol. The van der Waals surface area contributed by atoms with Gasteiger partial charge < -0.3 is 10.4 Å². The molecule has 24 heavy (non-hydrogen) atoms. The number of aromatic nitrogens is 3. The minimum atomic E-state index is -1.05. The molecule has 1 heterocycles. The molecule has 2 rings (SSSR count). The van der Waals surface area contributed by atoms with Crippen LogP contribution in [0.2, 0.25) is 0 Å². The lowest BCUT2D eigenvalue weighted by atomic mass is 10.0. The van der Waals surface area contributed by atoms with Crippen LogP contribution in [-0.4, -0.2) is 38.0 Å². The molecule has 1 aromatic heterocycles. The topological polar surface area (TPSA) is 97.1 Å². The van der Waals surface area contributed by atoms with Crippen molar-refractivity contribution >= 4 is 11.9 Å². The number of amides is 1. The van der Waals surface area contributed by atoms with E-state index in [2.05, 4.69) is 15.6 Å². The number of benzene rings is 1.